The number of fused-ring (bicyclic) bond motifs is 1. The van der Waals surface area contributed by atoms with Gasteiger partial charge in [0.15, 0.2) is 17.4 Å². The molecule has 1 heterocycles. The van der Waals surface area contributed by atoms with E-state index in [4.69, 9.17) is 4.74 Å². The van der Waals surface area contributed by atoms with E-state index in [2.05, 4.69) is 6.58 Å². The standard InChI is InChI=1S/C17H11F3O2S/c1-8(21)17-14(10-4-3-9(18)7-13(10)23-17)11-5-6-12(19)16(22-2)15(11)20/h3-7,21H,1H2,2H3. The summed E-state index contributed by atoms with van der Waals surface area (Å²) >= 11 is 1.08. The van der Waals surface area contributed by atoms with E-state index < -0.39 is 23.2 Å². The van der Waals surface area contributed by atoms with Gasteiger partial charge in [-0.1, -0.05) is 6.58 Å². The second kappa shape index (κ2) is 5.62. The molecule has 0 unspecified atom stereocenters. The van der Waals surface area contributed by atoms with E-state index in [1.807, 2.05) is 0 Å². The van der Waals surface area contributed by atoms with E-state index in [1.54, 1.807) is 0 Å². The predicted molar refractivity (Wildman–Crippen MR) is 85.3 cm³/mol. The van der Waals surface area contributed by atoms with Crippen LogP contribution in [0.25, 0.3) is 27.0 Å². The SMILES string of the molecule is C=C(O)c1sc2cc(F)ccc2c1-c1ccc(F)c(OC)c1F. The van der Waals surface area contributed by atoms with E-state index in [0.29, 0.717) is 15.6 Å². The number of thiophene rings is 1. The first-order valence-electron chi connectivity index (χ1n) is 6.56. The summed E-state index contributed by atoms with van der Waals surface area (Å²) in [5.74, 6) is -2.96. The highest BCUT2D eigenvalue weighted by molar-refractivity contribution is 7.20. The number of aliphatic hydroxyl groups excluding tert-OH is 1. The van der Waals surface area contributed by atoms with Gasteiger partial charge in [0.05, 0.1) is 12.0 Å². The fraction of sp³-hybridized carbons (Fsp3) is 0.0588. The molecule has 6 heteroatoms. The Morgan fingerprint density at radius 3 is 2.57 bits per heavy atom. The van der Waals surface area contributed by atoms with Crippen molar-refractivity contribution in [3.63, 3.8) is 0 Å². The highest BCUT2D eigenvalue weighted by Crippen LogP contribution is 2.44. The van der Waals surface area contributed by atoms with Crippen molar-refractivity contribution in [2.75, 3.05) is 7.11 Å². The molecule has 0 spiro atoms. The molecule has 3 aromatic rings. The third-order valence-electron chi connectivity index (χ3n) is 3.44. The first kappa shape index (κ1) is 15.4. The highest BCUT2D eigenvalue weighted by Gasteiger charge is 2.22. The molecular formula is C17H11F3O2S. The molecular weight excluding hydrogens is 325 g/mol. The van der Waals surface area contributed by atoms with Gasteiger partial charge in [-0.05, 0) is 30.3 Å². The van der Waals surface area contributed by atoms with E-state index in [9.17, 15) is 18.3 Å². The molecule has 0 amide bonds. The molecule has 0 fully saturated rings. The van der Waals surface area contributed by atoms with Crippen LogP contribution in [0.1, 0.15) is 4.88 Å². The molecule has 0 aliphatic rings. The zero-order valence-corrected chi connectivity index (χ0v) is 12.8. The zero-order chi connectivity index (χ0) is 16.7. The lowest BCUT2D eigenvalue weighted by Crippen LogP contribution is -1.96. The van der Waals surface area contributed by atoms with Crippen LogP contribution in [0.5, 0.6) is 5.75 Å². The van der Waals surface area contributed by atoms with E-state index >= 15 is 0 Å². The maximum absolute atomic E-state index is 14.6. The third-order valence-corrected chi connectivity index (χ3v) is 4.64. The molecule has 0 saturated carbocycles. The summed E-state index contributed by atoms with van der Waals surface area (Å²) in [6.07, 6.45) is 0. The van der Waals surface area contributed by atoms with Gasteiger partial charge in [-0.2, -0.15) is 0 Å². The van der Waals surface area contributed by atoms with Gasteiger partial charge in [-0.25, -0.2) is 13.2 Å². The van der Waals surface area contributed by atoms with Crippen LogP contribution in [0.4, 0.5) is 13.2 Å². The second-order valence-corrected chi connectivity index (χ2v) is 5.89. The van der Waals surface area contributed by atoms with Crippen molar-refractivity contribution in [2.45, 2.75) is 0 Å². The van der Waals surface area contributed by atoms with Crippen LogP contribution in [0.2, 0.25) is 0 Å². The summed E-state index contributed by atoms with van der Waals surface area (Å²) in [6, 6.07) is 6.34. The molecule has 1 aromatic heterocycles. The lowest BCUT2D eigenvalue weighted by Gasteiger charge is -2.10. The first-order chi connectivity index (χ1) is 10.9. The Hall–Kier alpha value is -2.47. The van der Waals surface area contributed by atoms with Gasteiger partial charge in [-0.3, -0.25) is 0 Å². The summed E-state index contributed by atoms with van der Waals surface area (Å²) in [7, 11) is 1.16. The Morgan fingerprint density at radius 2 is 1.91 bits per heavy atom. The van der Waals surface area contributed by atoms with Gasteiger partial charge in [0, 0.05) is 21.2 Å². The molecule has 2 nitrogen and oxygen atoms in total. The molecule has 0 radical (unpaired) electrons. The Kier molecular flexibility index (Phi) is 3.77. The molecule has 0 bridgehead atoms. The van der Waals surface area contributed by atoms with Crippen LogP contribution in [0.15, 0.2) is 36.9 Å². The molecule has 2 aromatic carbocycles. The highest BCUT2D eigenvalue weighted by atomic mass is 32.1. The third kappa shape index (κ3) is 2.45. The summed E-state index contributed by atoms with van der Waals surface area (Å²) in [5, 5.41) is 10.3. The van der Waals surface area contributed by atoms with E-state index in [-0.39, 0.29) is 16.2 Å². The minimum absolute atomic E-state index is 0.0475. The fourth-order valence-corrected chi connectivity index (χ4v) is 3.57. The summed E-state index contributed by atoms with van der Waals surface area (Å²) in [5.41, 5.74) is 0.375. The van der Waals surface area contributed by atoms with E-state index in [1.165, 1.54) is 24.3 Å². The van der Waals surface area contributed by atoms with Gasteiger partial charge in [0.1, 0.15) is 11.6 Å². The van der Waals surface area contributed by atoms with Crippen LogP contribution in [0.3, 0.4) is 0 Å². The molecule has 3 rings (SSSR count). The van der Waals surface area contributed by atoms with Crippen LogP contribution in [0, 0.1) is 17.5 Å². The summed E-state index contributed by atoms with van der Waals surface area (Å²) < 4.78 is 46.9. The average molecular weight is 336 g/mol. The number of halogens is 3. The van der Waals surface area contributed by atoms with E-state index in [0.717, 1.165) is 24.5 Å². The number of benzene rings is 2. The van der Waals surface area contributed by atoms with Crippen LogP contribution < -0.4 is 4.74 Å². The lowest BCUT2D eigenvalue weighted by molar-refractivity contribution is 0.360. The van der Waals surface area contributed by atoms with Crippen molar-refractivity contribution in [2.24, 2.45) is 0 Å². The molecule has 0 aliphatic heterocycles. The van der Waals surface area contributed by atoms with Crippen LogP contribution in [-0.4, -0.2) is 12.2 Å². The number of hydrogen-bond acceptors (Lipinski definition) is 3. The van der Waals surface area contributed by atoms with Gasteiger partial charge in [0.2, 0.25) is 0 Å². The van der Waals surface area contributed by atoms with Gasteiger partial charge in [-0.15, -0.1) is 11.3 Å². The Bertz CT molecular complexity index is 931. The Labute approximate surface area is 134 Å². The Morgan fingerprint density at radius 1 is 1.17 bits per heavy atom. The van der Waals surface area contributed by atoms with Crippen molar-refractivity contribution < 1.29 is 23.0 Å². The minimum Gasteiger partial charge on any atom is -0.507 e. The van der Waals surface area contributed by atoms with Crippen LogP contribution in [-0.2, 0) is 0 Å². The summed E-state index contributed by atoms with van der Waals surface area (Å²) in [4.78, 5) is 0.290. The molecule has 0 saturated heterocycles. The first-order valence-corrected chi connectivity index (χ1v) is 7.38. The van der Waals surface area contributed by atoms with Gasteiger partial charge >= 0.3 is 0 Å². The number of ether oxygens (including phenoxy) is 1. The predicted octanol–water partition coefficient (Wildman–Crippen LogP) is 5.52. The number of hydrogen-bond donors (Lipinski definition) is 1. The minimum atomic E-state index is -0.890. The van der Waals surface area contributed by atoms with Crippen molar-refractivity contribution in [1.29, 1.82) is 0 Å². The van der Waals surface area contributed by atoms with Crippen LogP contribution >= 0.6 is 11.3 Å². The summed E-state index contributed by atoms with van der Waals surface area (Å²) in [6.45, 7) is 3.46. The number of aliphatic hydroxyl groups is 1. The number of rotatable bonds is 3. The fourth-order valence-electron chi connectivity index (χ4n) is 2.45. The van der Waals surface area contributed by atoms with Crippen molar-refractivity contribution >= 4 is 27.2 Å². The quantitative estimate of drug-likeness (QED) is 0.638. The zero-order valence-electron chi connectivity index (χ0n) is 12.0. The normalized spacial score (nSPS) is 11.0. The smallest absolute Gasteiger partial charge is 0.191 e. The average Bonchev–Trinajstić information content (AvgIpc) is 2.86. The molecule has 0 atom stereocenters. The maximum Gasteiger partial charge on any atom is 0.191 e. The largest absolute Gasteiger partial charge is 0.507 e. The maximum atomic E-state index is 14.6. The molecule has 23 heavy (non-hydrogen) atoms. The molecule has 1 N–H and O–H groups in total. The topological polar surface area (TPSA) is 29.5 Å². The van der Waals surface area contributed by atoms with Gasteiger partial charge < -0.3 is 9.84 Å². The van der Waals surface area contributed by atoms with Crippen molar-refractivity contribution in [1.82, 2.24) is 0 Å². The Balaban J connectivity index is 2.40. The monoisotopic (exact) mass is 336 g/mol. The number of methoxy groups -OCH3 is 1. The molecule has 0 aliphatic carbocycles. The van der Waals surface area contributed by atoms with Crippen molar-refractivity contribution in [3.05, 3.63) is 59.2 Å². The van der Waals surface area contributed by atoms with Crippen molar-refractivity contribution in [3.8, 4) is 16.9 Å². The van der Waals surface area contributed by atoms with Gasteiger partial charge in [0.25, 0.3) is 0 Å². The second-order valence-electron chi connectivity index (χ2n) is 4.84. The molecule has 118 valence electrons. The lowest BCUT2D eigenvalue weighted by atomic mass is 10.00.